The minimum atomic E-state index is -0.791. The van der Waals surface area contributed by atoms with Crippen LogP contribution in [0.15, 0.2) is 42.4 Å². The van der Waals surface area contributed by atoms with E-state index >= 15 is 0 Å². The molecule has 37 heavy (non-hydrogen) atoms. The molecule has 2 heterocycles. The predicted molar refractivity (Wildman–Crippen MR) is 139 cm³/mol. The maximum Gasteiger partial charge on any atom is 0.306 e. The Labute approximate surface area is 220 Å². The van der Waals surface area contributed by atoms with Crippen molar-refractivity contribution in [2.24, 2.45) is 11.8 Å². The fourth-order valence-electron chi connectivity index (χ4n) is 5.45. The predicted octanol–water partition coefficient (Wildman–Crippen LogP) is 4.64. The highest BCUT2D eigenvalue weighted by molar-refractivity contribution is 7.17. The number of hydrogen-bond acceptors (Lipinski definition) is 6. The summed E-state index contributed by atoms with van der Waals surface area (Å²) in [5.41, 5.74) is 2.63. The summed E-state index contributed by atoms with van der Waals surface area (Å²) in [4.78, 5) is 39.4. The number of rotatable bonds is 8. The fraction of sp³-hybridized carbons (Fsp3) is 0.464. The zero-order chi connectivity index (χ0) is 25.8. The van der Waals surface area contributed by atoms with E-state index in [2.05, 4.69) is 10.6 Å². The van der Waals surface area contributed by atoms with Crippen molar-refractivity contribution < 1.29 is 29.0 Å². The third-order valence-electron chi connectivity index (χ3n) is 7.51. The van der Waals surface area contributed by atoms with Gasteiger partial charge in [0.15, 0.2) is 5.76 Å². The second-order valence-corrected chi connectivity index (χ2v) is 11.1. The zero-order valence-electron chi connectivity index (χ0n) is 20.7. The molecule has 1 aromatic carbocycles. The van der Waals surface area contributed by atoms with Crippen LogP contribution in [0.25, 0.3) is 0 Å². The first-order valence-electron chi connectivity index (χ1n) is 13.0. The number of carboxylic acids is 1. The molecule has 0 bridgehead atoms. The second-order valence-electron chi connectivity index (χ2n) is 9.96. The molecule has 5 rings (SSSR count). The normalized spacial score (nSPS) is 21.6. The van der Waals surface area contributed by atoms with Gasteiger partial charge in [-0.1, -0.05) is 30.3 Å². The first kappa shape index (κ1) is 25.3. The fourth-order valence-corrected chi connectivity index (χ4v) is 6.74. The maximum atomic E-state index is 13.8. The van der Waals surface area contributed by atoms with E-state index < -0.39 is 12.0 Å². The van der Waals surface area contributed by atoms with Crippen LogP contribution >= 0.6 is 11.3 Å². The Hall–Kier alpha value is -3.33. The van der Waals surface area contributed by atoms with Gasteiger partial charge in [-0.15, -0.1) is 11.3 Å². The summed E-state index contributed by atoms with van der Waals surface area (Å²) in [6, 6.07) is 9.47. The number of benzene rings is 1. The minimum Gasteiger partial charge on any atom is -0.481 e. The average Bonchev–Trinajstić information content (AvgIpc) is 3.57. The molecule has 1 aromatic heterocycles. The molecule has 0 saturated heterocycles. The van der Waals surface area contributed by atoms with E-state index in [0.717, 1.165) is 41.7 Å². The van der Waals surface area contributed by atoms with Gasteiger partial charge in [0.2, 0.25) is 12.7 Å². The van der Waals surface area contributed by atoms with Gasteiger partial charge in [-0.2, -0.15) is 0 Å². The maximum absolute atomic E-state index is 13.8. The molecule has 1 unspecified atom stereocenters. The Bertz CT molecular complexity index is 1180. The Balaban J connectivity index is 1.36. The molecule has 0 spiro atoms. The number of aliphatic carboxylic acids is 1. The molecule has 1 aliphatic heterocycles. The van der Waals surface area contributed by atoms with Crippen molar-refractivity contribution in [1.29, 1.82) is 0 Å². The number of hydrogen-bond donors (Lipinski definition) is 3. The van der Waals surface area contributed by atoms with Crippen molar-refractivity contribution in [3.05, 3.63) is 63.9 Å². The highest BCUT2D eigenvalue weighted by Crippen LogP contribution is 2.39. The van der Waals surface area contributed by atoms with Crippen molar-refractivity contribution in [1.82, 2.24) is 5.32 Å². The van der Waals surface area contributed by atoms with Crippen LogP contribution in [0.5, 0.6) is 0 Å². The molecule has 2 aliphatic carbocycles. The molecule has 0 radical (unpaired) electrons. The number of anilines is 1. The molecule has 9 heteroatoms. The summed E-state index contributed by atoms with van der Waals surface area (Å²) < 4.78 is 10.9. The van der Waals surface area contributed by atoms with Crippen LogP contribution < -0.4 is 10.6 Å². The van der Waals surface area contributed by atoms with Gasteiger partial charge < -0.3 is 25.2 Å². The van der Waals surface area contributed by atoms with E-state index in [1.165, 1.54) is 11.3 Å². The van der Waals surface area contributed by atoms with Gasteiger partial charge in [-0.3, -0.25) is 14.4 Å². The van der Waals surface area contributed by atoms with Crippen molar-refractivity contribution in [2.45, 2.75) is 63.8 Å². The van der Waals surface area contributed by atoms with Crippen LogP contribution in [0.4, 0.5) is 5.00 Å². The van der Waals surface area contributed by atoms with Crippen LogP contribution in [0.3, 0.4) is 0 Å². The molecule has 2 amide bonds. The molecule has 3 aliphatic rings. The highest BCUT2D eigenvalue weighted by Gasteiger charge is 2.33. The Morgan fingerprint density at radius 3 is 2.46 bits per heavy atom. The van der Waals surface area contributed by atoms with E-state index in [4.69, 9.17) is 9.47 Å². The SMILES string of the molecule is O=C(NC(Cc1ccccc1)C1=COCO1)c1c(NC(=O)C2CCC(C(=O)O)CC2)sc2c1CCCC2. The van der Waals surface area contributed by atoms with E-state index in [0.29, 0.717) is 48.4 Å². The van der Waals surface area contributed by atoms with E-state index in [1.807, 2.05) is 30.3 Å². The van der Waals surface area contributed by atoms with Crippen LogP contribution in [0.1, 0.15) is 64.9 Å². The monoisotopic (exact) mass is 524 g/mol. The zero-order valence-corrected chi connectivity index (χ0v) is 21.5. The van der Waals surface area contributed by atoms with Crippen molar-refractivity contribution >= 4 is 34.1 Å². The van der Waals surface area contributed by atoms with Gasteiger partial charge >= 0.3 is 5.97 Å². The summed E-state index contributed by atoms with van der Waals surface area (Å²) in [5.74, 6) is -1.21. The number of carboxylic acid groups (broad SMARTS) is 1. The van der Waals surface area contributed by atoms with Gasteiger partial charge in [0, 0.05) is 17.2 Å². The number of ether oxygens (including phenoxy) is 2. The van der Waals surface area contributed by atoms with Crippen LogP contribution in [0, 0.1) is 11.8 Å². The molecule has 8 nitrogen and oxygen atoms in total. The lowest BCUT2D eigenvalue weighted by Gasteiger charge is -2.25. The number of carbonyl (C=O) groups excluding carboxylic acids is 2. The Morgan fingerprint density at radius 2 is 1.76 bits per heavy atom. The number of amides is 2. The molecular formula is C28H32N2O6S. The van der Waals surface area contributed by atoms with Gasteiger partial charge in [-0.25, -0.2) is 0 Å². The van der Waals surface area contributed by atoms with Crippen molar-refractivity contribution in [2.75, 3.05) is 12.1 Å². The third kappa shape index (κ3) is 5.82. The number of carbonyl (C=O) groups is 3. The van der Waals surface area contributed by atoms with Crippen molar-refractivity contribution in [3.8, 4) is 0 Å². The van der Waals surface area contributed by atoms with Crippen LogP contribution in [-0.4, -0.2) is 35.7 Å². The van der Waals surface area contributed by atoms with Crippen LogP contribution in [-0.2, 0) is 38.3 Å². The Morgan fingerprint density at radius 1 is 1.03 bits per heavy atom. The summed E-state index contributed by atoms with van der Waals surface area (Å²) in [6.45, 7) is 0.121. The molecule has 1 saturated carbocycles. The second kappa shape index (κ2) is 11.4. The minimum absolute atomic E-state index is 0.121. The van der Waals surface area contributed by atoms with Crippen LogP contribution in [0.2, 0.25) is 0 Å². The smallest absolute Gasteiger partial charge is 0.306 e. The van der Waals surface area contributed by atoms with E-state index in [9.17, 15) is 19.5 Å². The number of fused-ring (bicyclic) bond motifs is 1. The summed E-state index contributed by atoms with van der Waals surface area (Å²) >= 11 is 1.49. The van der Waals surface area contributed by atoms with E-state index in [1.54, 1.807) is 6.26 Å². The number of thiophene rings is 1. The average molecular weight is 525 g/mol. The lowest BCUT2D eigenvalue weighted by atomic mass is 9.81. The van der Waals surface area contributed by atoms with E-state index in [-0.39, 0.29) is 30.4 Å². The number of nitrogens with one attached hydrogen (secondary N) is 2. The Kier molecular flexibility index (Phi) is 7.79. The quantitative estimate of drug-likeness (QED) is 0.464. The molecule has 1 atom stereocenters. The van der Waals surface area contributed by atoms with Gasteiger partial charge in [0.25, 0.3) is 5.91 Å². The highest BCUT2D eigenvalue weighted by atomic mass is 32.1. The third-order valence-corrected chi connectivity index (χ3v) is 8.71. The molecule has 3 N–H and O–H groups in total. The topological polar surface area (TPSA) is 114 Å². The molecule has 2 aromatic rings. The summed E-state index contributed by atoms with van der Waals surface area (Å²) in [7, 11) is 0. The van der Waals surface area contributed by atoms with Crippen molar-refractivity contribution in [3.63, 3.8) is 0 Å². The van der Waals surface area contributed by atoms with Gasteiger partial charge in [0.05, 0.1) is 17.5 Å². The number of aryl methyl sites for hydroxylation is 1. The first-order valence-corrected chi connectivity index (χ1v) is 13.8. The molecule has 196 valence electrons. The molecular weight excluding hydrogens is 492 g/mol. The van der Waals surface area contributed by atoms with Gasteiger partial charge in [-0.05, 0) is 62.5 Å². The summed E-state index contributed by atoms with van der Waals surface area (Å²) in [5, 5.41) is 16.1. The molecule has 1 fully saturated rings. The summed E-state index contributed by atoms with van der Waals surface area (Å²) in [6.07, 6.45) is 7.95. The largest absolute Gasteiger partial charge is 0.481 e. The first-order chi connectivity index (χ1) is 18.0. The standard InChI is InChI=1S/C28H32N2O6S/c31-25(18-10-12-19(13-11-18)28(33)34)30-27-24(20-8-4-5-9-23(20)37-27)26(32)29-21(22-15-35-16-36-22)14-17-6-2-1-3-7-17/h1-3,6-7,15,18-19,21H,4-5,8-14,16H2,(H,29,32)(H,30,31)(H,33,34). The van der Waals surface area contributed by atoms with Gasteiger partial charge in [0.1, 0.15) is 11.3 Å². The lowest BCUT2D eigenvalue weighted by Crippen LogP contribution is -2.39. The lowest BCUT2D eigenvalue weighted by molar-refractivity contribution is -0.143.